The van der Waals surface area contributed by atoms with Crippen LogP contribution in [0.15, 0.2) is 78.9 Å². The molecular weight excluding hydrogens is 552 g/mol. The van der Waals surface area contributed by atoms with Gasteiger partial charge in [0.1, 0.15) is 11.8 Å². The minimum atomic E-state index is -1.60. The molecule has 0 saturated carbocycles. The first-order valence-electron chi connectivity index (χ1n) is 13.8. The van der Waals surface area contributed by atoms with Crippen LogP contribution in [-0.2, 0) is 22.6 Å². The Hall–Kier alpha value is -4.02. The zero-order chi connectivity index (χ0) is 30.3. The summed E-state index contributed by atoms with van der Waals surface area (Å²) in [7, 11) is 1.50. The molecule has 3 aromatic rings. The van der Waals surface area contributed by atoms with E-state index in [1.54, 1.807) is 24.3 Å². The van der Waals surface area contributed by atoms with E-state index in [0.29, 0.717) is 18.0 Å². The fourth-order valence-corrected chi connectivity index (χ4v) is 6.17. The maximum Gasteiger partial charge on any atom is 0.319 e. The Labute approximate surface area is 251 Å². The van der Waals surface area contributed by atoms with Gasteiger partial charge in [0.2, 0.25) is 5.91 Å². The number of nitrogens with one attached hydrogen (secondary N) is 3. The third-order valence-electron chi connectivity index (χ3n) is 7.40. The van der Waals surface area contributed by atoms with Gasteiger partial charge in [-0.15, -0.1) is 11.8 Å². The fraction of sp³-hybridized carbons (Fsp3) is 0.344. The Morgan fingerprint density at radius 2 is 1.69 bits per heavy atom. The molecule has 0 aromatic heterocycles. The first-order chi connectivity index (χ1) is 20.1. The summed E-state index contributed by atoms with van der Waals surface area (Å²) in [6.45, 7) is 6.13. The van der Waals surface area contributed by atoms with Crippen molar-refractivity contribution in [3.8, 4) is 5.75 Å². The van der Waals surface area contributed by atoms with Gasteiger partial charge in [-0.2, -0.15) is 0 Å². The molecule has 1 aliphatic rings. The minimum Gasteiger partial charge on any atom is -0.495 e. The van der Waals surface area contributed by atoms with Crippen LogP contribution in [0, 0.1) is 6.92 Å². The van der Waals surface area contributed by atoms with E-state index < -0.39 is 34.9 Å². The summed E-state index contributed by atoms with van der Waals surface area (Å²) in [6.07, 6.45) is -1.41. The molecule has 10 heteroatoms. The van der Waals surface area contributed by atoms with Crippen LogP contribution in [0.4, 0.5) is 10.5 Å². The number of aliphatic hydroxyl groups is 1. The van der Waals surface area contributed by atoms with Gasteiger partial charge in [-0.3, -0.25) is 9.59 Å². The second-order valence-electron chi connectivity index (χ2n) is 10.8. The van der Waals surface area contributed by atoms with Gasteiger partial charge in [-0.05, 0) is 56.0 Å². The summed E-state index contributed by atoms with van der Waals surface area (Å²) in [6, 6.07) is 21.6. The first-order valence-corrected chi connectivity index (χ1v) is 14.8. The molecule has 4 amide bonds. The topological polar surface area (TPSA) is 120 Å². The minimum absolute atomic E-state index is 0.196. The van der Waals surface area contributed by atoms with Crippen LogP contribution in [0.2, 0.25) is 0 Å². The predicted molar refractivity (Wildman–Crippen MR) is 165 cm³/mol. The average Bonchev–Trinajstić information content (AvgIpc) is 3.31. The van der Waals surface area contributed by atoms with Gasteiger partial charge in [0.25, 0.3) is 5.91 Å². The molecule has 1 fully saturated rings. The lowest BCUT2D eigenvalue weighted by atomic mass is 9.97. The van der Waals surface area contributed by atoms with Crippen LogP contribution in [0.3, 0.4) is 0 Å². The van der Waals surface area contributed by atoms with Gasteiger partial charge >= 0.3 is 6.03 Å². The van der Waals surface area contributed by atoms with E-state index in [9.17, 15) is 19.5 Å². The van der Waals surface area contributed by atoms with Crippen LogP contribution in [0.5, 0.6) is 5.75 Å². The molecule has 1 saturated heterocycles. The standard InChI is InChI=1S/C32H38N4O5S/c1-21-12-8-9-15-23(21)19-33-29(38)28-32(2,3)42-20-36(28)30(39)27(37)25(18-22-13-6-5-7-14-22)35-31(40)34-24-16-10-11-17-26(24)41-4/h5-17,25,27-28,37H,18-20H2,1-4H3,(H,33,38)(H2,34,35,40). The summed E-state index contributed by atoms with van der Waals surface area (Å²) in [5.74, 6) is -0.214. The van der Waals surface area contributed by atoms with Crippen LogP contribution in [0.25, 0.3) is 0 Å². The van der Waals surface area contributed by atoms with E-state index in [-0.39, 0.29) is 18.2 Å². The van der Waals surface area contributed by atoms with Crippen molar-refractivity contribution in [2.24, 2.45) is 0 Å². The third kappa shape index (κ3) is 7.43. The lowest BCUT2D eigenvalue weighted by Gasteiger charge is -2.33. The summed E-state index contributed by atoms with van der Waals surface area (Å²) in [5.41, 5.74) is 3.32. The fourth-order valence-electron chi connectivity index (χ4n) is 5.03. The Kier molecular flexibility index (Phi) is 10.1. The van der Waals surface area contributed by atoms with Crippen molar-refractivity contribution in [1.82, 2.24) is 15.5 Å². The van der Waals surface area contributed by atoms with E-state index in [1.165, 1.54) is 23.8 Å². The number of benzene rings is 3. The van der Waals surface area contributed by atoms with Gasteiger partial charge in [-0.1, -0.05) is 66.7 Å². The zero-order valence-electron chi connectivity index (χ0n) is 24.3. The Balaban J connectivity index is 1.52. The molecule has 222 valence electrons. The van der Waals surface area contributed by atoms with Crippen LogP contribution < -0.4 is 20.7 Å². The van der Waals surface area contributed by atoms with Crippen molar-refractivity contribution in [2.45, 2.75) is 56.7 Å². The van der Waals surface area contributed by atoms with Crippen molar-refractivity contribution in [3.05, 3.63) is 95.6 Å². The van der Waals surface area contributed by atoms with E-state index in [2.05, 4.69) is 16.0 Å². The molecule has 1 aliphatic heterocycles. The molecule has 4 N–H and O–H groups in total. The number of ether oxygens (including phenoxy) is 1. The Morgan fingerprint density at radius 3 is 2.40 bits per heavy atom. The number of thioether (sulfide) groups is 1. The number of aryl methyl sites for hydroxylation is 1. The molecule has 9 nitrogen and oxygen atoms in total. The van der Waals surface area contributed by atoms with Crippen LogP contribution in [0.1, 0.15) is 30.5 Å². The smallest absolute Gasteiger partial charge is 0.319 e. The van der Waals surface area contributed by atoms with Crippen molar-refractivity contribution in [2.75, 3.05) is 18.3 Å². The average molecular weight is 591 g/mol. The number of hydrogen-bond donors (Lipinski definition) is 4. The summed E-state index contributed by atoms with van der Waals surface area (Å²) in [4.78, 5) is 41.8. The van der Waals surface area contributed by atoms with Gasteiger partial charge in [0.05, 0.1) is 24.7 Å². The number of carbonyl (C=O) groups is 3. The predicted octanol–water partition coefficient (Wildman–Crippen LogP) is 4.09. The number of urea groups is 1. The molecule has 0 spiro atoms. The van der Waals surface area contributed by atoms with Gasteiger partial charge in [0, 0.05) is 11.3 Å². The highest BCUT2D eigenvalue weighted by molar-refractivity contribution is 8.00. The second-order valence-corrected chi connectivity index (χ2v) is 12.4. The third-order valence-corrected chi connectivity index (χ3v) is 8.77. The number of aliphatic hydroxyl groups excluding tert-OH is 1. The number of para-hydroxylation sites is 2. The molecule has 0 bridgehead atoms. The lowest BCUT2D eigenvalue weighted by Crippen LogP contribution is -2.59. The number of methoxy groups -OCH3 is 1. The Bertz CT molecular complexity index is 1400. The van der Waals surface area contributed by atoms with Gasteiger partial charge in [-0.25, -0.2) is 4.79 Å². The maximum absolute atomic E-state index is 13.8. The lowest BCUT2D eigenvalue weighted by molar-refractivity contribution is -0.147. The SMILES string of the molecule is COc1ccccc1NC(=O)NC(Cc1ccccc1)C(O)C(=O)N1CSC(C)(C)C1C(=O)NCc1ccccc1C. The highest BCUT2D eigenvalue weighted by atomic mass is 32.2. The van der Waals surface area contributed by atoms with Crippen molar-refractivity contribution in [3.63, 3.8) is 0 Å². The Morgan fingerprint density at radius 1 is 1.02 bits per heavy atom. The number of carbonyl (C=O) groups excluding carboxylic acids is 3. The second kappa shape index (κ2) is 13.8. The maximum atomic E-state index is 13.8. The summed E-state index contributed by atoms with van der Waals surface area (Å²) in [5, 5.41) is 19.9. The number of amides is 4. The van der Waals surface area contributed by atoms with E-state index in [4.69, 9.17) is 4.74 Å². The quantitative estimate of drug-likeness (QED) is 0.282. The van der Waals surface area contributed by atoms with Crippen molar-refractivity contribution >= 4 is 35.3 Å². The van der Waals surface area contributed by atoms with E-state index in [1.807, 2.05) is 75.4 Å². The number of rotatable bonds is 10. The highest BCUT2D eigenvalue weighted by Crippen LogP contribution is 2.40. The summed E-state index contributed by atoms with van der Waals surface area (Å²) >= 11 is 1.47. The first kappa shape index (κ1) is 30.9. The largest absolute Gasteiger partial charge is 0.495 e. The molecular formula is C32H38N4O5S. The molecule has 0 aliphatic carbocycles. The molecule has 3 aromatic carbocycles. The molecule has 0 radical (unpaired) electrons. The molecule has 42 heavy (non-hydrogen) atoms. The van der Waals surface area contributed by atoms with Gasteiger partial charge < -0.3 is 30.7 Å². The van der Waals surface area contributed by atoms with Crippen LogP contribution >= 0.6 is 11.8 Å². The van der Waals surface area contributed by atoms with E-state index >= 15 is 0 Å². The number of hydrogen-bond acceptors (Lipinski definition) is 6. The molecule has 3 atom stereocenters. The van der Waals surface area contributed by atoms with Crippen LogP contribution in [-0.4, -0.2) is 63.8 Å². The normalized spacial score (nSPS) is 17.2. The van der Waals surface area contributed by atoms with Gasteiger partial charge in [0.15, 0.2) is 6.10 Å². The van der Waals surface area contributed by atoms with Crippen molar-refractivity contribution < 1.29 is 24.2 Å². The summed E-state index contributed by atoms with van der Waals surface area (Å²) < 4.78 is 4.73. The highest BCUT2D eigenvalue weighted by Gasteiger charge is 2.49. The number of anilines is 1. The molecule has 3 unspecified atom stereocenters. The number of nitrogens with zero attached hydrogens (tertiary/aromatic N) is 1. The zero-order valence-corrected chi connectivity index (χ0v) is 25.1. The monoisotopic (exact) mass is 590 g/mol. The van der Waals surface area contributed by atoms with Crippen molar-refractivity contribution in [1.29, 1.82) is 0 Å². The van der Waals surface area contributed by atoms with E-state index in [0.717, 1.165) is 16.7 Å². The molecule has 4 rings (SSSR count). The molecule has 1 heterocycles.